The molecular weight excluding hydrogens is 290 g/mol. The van der Waals surface area contributed by atoms with Crippen LogP contribution in [0.1, 0.15) is 34.1 Å². The van der Waals surface area contributed by atoms with E-state index in [2.05, 4.69) is 10.6 Å². The highest BCUT2D eigenvalue weighted by Crippen LogP contribution is 2.08. The molecule has 0 aromatic heterocycles. The standard InChI is InChI=1S/C14H27N3O5/c1-7(2)5-10(16-12(19)9(15)6-18)13(20)17-11(8(3)4)14(21)22/h7-11,18H,5-6,15H2,1-4H3,(H,16,19)(H,17,20)(H,21,22)/t9-,10-,11-/m0/s1. The average molecular weight is 317 g/mol. The molecular formula is C14H27N3O5. The van der Waals surface area contributed by atoms with Crippen LogP contribution in [0.15, 0.2) is 0 Å². The van der Waals surface area contributed by atoms with Crippen LogP contribution in [-0.2, 0) is 14.4 Å². The highest BCUT2D eigenvalue weighted by molar-refractivity contribution is 5.91. The molecule has 128 valence electrons. The van der Waals surface area contributed by atoms with Gasteiger partial charge in [-0.2, -0.15) is 0 Å². The van der Waals surface area contributed by atoms with Gasteiger partial charge in [-0.15, -0.1) is 0 Å². The molecule has 0 aromatic carbocycles. The molecule has 3 atom stereocenters. The highest BCUT2D eigenvalue weighted by atomic mass is 16.4. The first kappa shape index (κ1) is 20.3. The lowest BCUT2D eigenvalue weighted by Gasteiger charge is -2.25. The zero-order valence-corrected chi connectivity index (χ0v) is 13.5. The molecule has 0 saturated heterocycles. The smallest absolute Gasteiger partial charge is 0.326 e. The maximum absolute atomic E-state index is 12.3. The molecule has 22 heavy (non-hydrogen) atoms. The van der Waals surface area contributed by atoms with Crippen molar-refractivity contribution >= 4 is 17.8 Å². The van der Waals surface area contributed by atoms with Crippen molar-refractivity contribution in [3.63, 3.8) is 0 Å². The van der Waals surface area contributed by atoms with Crippen molar-refractivity contribution in [2.45, 2.75) is 52.2 Å². The summed E-state index contributed by atoms with van der Waals surface area (Å²) in [6.45, 7) is 6.56. The summed E-state index contributed by atoms with van der Waals surface area (Å²) in [4.78, 5) is 35.1. The Labute approximate surface area is 130 Å². The molecule has 0 aromatic rings. The summed E-state index contributed by atoms with van der Waals surface area (Å²) < 4.78 is 0. The number of amides is 2. The van der Waals surface area contributed by atoms with Gasteiger partial charge in [0.05, 0.1) is 6.61 Å². The monoisotopic (exact) mass is 317 g/mol. The first-order chi connectivity index (χ1) is 10.1. The number of nitrogens with one attached hydrogen (secondary N) is 2. The Hall–Kier alpha value is -1.67. The Balaban J connectivity index is 4.98. The summed E-state index contributed by atoms with van der Waals surface area (Å²) in [5, 5.41) is 22.9. The molecule has 0 saturated carbocycles. The van der Waals surface area contributed by atoms with Gasteiger partial charge in [-0.05, 0) is 18.3 Å². The normalized spacial score (nSPS) is 15.3. The number of hydrogen-bond acceptors (Lipinski definition) is 5. The van der Waals surface area contributed by atoms with E-state index < -0.39 is 42.5 Å². The van der Waals surface area contributed by atoms with Crippen molar-refractivity contribution in [2.75, 3.05) is 6.61 Å². The SMILES string of the molecule is CC(C)C[C@H](NC(=O)[C@@H](N)CO)C(=O)N[C@H](C(=O)O)C(C)C. The van der Waals surface area contributed by atoms with Crippen molar-refractivity contribution in [3.05, 3.63) is 0 Å². The molecule has 0 aliphatic carbocycles. The fourth-order valence-corrected chi connectivity index (χ4v) is 1.83. The minimum Gasteiger partial charge on any atom is -0.480 e. The van der Waals surface area contributed by atoms with Crippen molar-refractivity contribution in [2.24, 2.45) is 17.6 Å². The second-order valence-electron chi connectivity index (χ2n) is 6.05. The van der Waals surface area contributed by atoms with Crippen LogP contribution >= 0.6 is 0 Å². The van der Waals surface area contributed by atoms with Gasteiger partial charge in [0.25, 0.3) is 0 Å². The molecule has 0 bridgehead atoms. The van der Waals surface area contributed by atoms with Gasteiger partial charge < -0.3 is 26.6 Å². The lowest BCUT2D eigenvalue weighted by molar-refractivity contribution is -0.143. The largest absolute Gasteiger partial charge is 0.480 e. The molecule has 2 amide bonds. The van der Waals surface area contributed by atoms with E-state index >= 15 is 0 Å². The predicted molar refractivity (Wildman–Crippen MR) is 80.9 cm³/mol. The molecule has 0 heterocycles. The van der Waals surface area contributed by atoms with Gasteiger partial charge in [0, 0.05) is 0 Å². The number of nitrogens with two attached hydrogens (primary N) is 1. The van der Waals surface area contributed by atoms with Gasteiger partial charge in [-0.3, -0.25) is 9.59 Å². The molecule has 0 rings (SSSR count). The number of carboxylic acids is 1. The van der Waals surface area contributed by atoms with Crippen molar-refractivity contribution < 1.29 is 24.6 Å². The quantitative estimate of drug-likeness (QED) is 0.372. The fraction of sp³-hybridized carbons (Fsp3) is 0.786. The molecule has 8 heteroatoms. The first-order valence-corrected chi connectivity index (χ1v) is 7.30. The van der Waals surface area contributed by atoms with Crippen molar-refractivity contribution in [3.8, 4) is 0 Å². The van der Waals surface area contributed by atoms with Crippen LogP contribution in [0, 0.1) is 11.8 Å². The Morgan fingerprint density at radius 2 is 1.59 bits per heavy atom. The van der Waals surface area contributed by atoms with E-state index in [4.69, 9.17) is 15.9 Å². The molecule has 0 radical (unpaired) electrons. The van der Waals surface area contributed by atoms with E-state index in [-0.39, 0.29) is 11.8 Å². The highest BCUT2D eigenvalue weighted by Gasteiger charge is 2.29. The third-order valence-corrected chi connectivity index (χ3v) is 3.10. The van der Waals surface area contributed by atoms with E-state index in [0.717, 1.165) is 0 Å². The van der Waals surface area contributed by atoms with Gasteiger partial charge in [-0.1, -0.05) is 27.7 Å². The summed E-state index contributed by atoms with van der Waals surface area (Å²) in [6, 6.07) is -3.06. The van der Waals surface area contributed by atoms with E-state index in [1.54, 1.807) is 13.8 Å². The van der Waals surface area contributed by atoms with E-state index in [0.29, 0.717) is 6.42 Å². The Kier molecular flexibility index (Phi) is 8.66. The number of aliphatic hydroxyl groups is 1. The molecule has 6 N–H and O–H groups in total. The summed E-state index contributed by atoms with van der Waals surface area (Å²) in [5.74, 6) is -2.56. The average Bonchev–Trinajstić information content (AvgIpc) is 2.41. The van der Waals surface area contributed by atoms with E-state index in [1.807, 2.05) is 13.8 Å². The van der Waals surface area contributed by atoms with Crippen LogP contribution in [0.4, 0.5) is 0 Å². The molecule has 0 aliphatic rings. The van der Waals surface area contributed by atoms with Gasteiger partial charge in [-0.25, -0.2) is 4.79 Å². The lowest BCUT2D eigenvalue weighted by Crippen LogP contribution is -2.56. The third-order valence-electron chi connectivity index (χ3n) is 3.10. The minimum absolute atomic E-state index is 0.101. The molecule has 0 unspecified atom stereocenters. The summed E-state index contributed by atoms with van der Waals surface area (Å²) in [5.41, 5.74) is 5.41. The topological polar surface area (TPSA) is 142 Å². The summed E-state index contributed by atoms with van der Waals surface area (Å²) in [7, 11) is 0. The second-order valence-corrected chi connectivity index (χ2v) is 6.05. The Morgan fingerprint density at radius 3 is 1.95 bits per heavy atom. The fourth-order valence-electron chi connectivity index (χ4n) is 1.83. The Morgan fingerprint density at radius 1 is 1.05 bits per heavy atom. The molecule has 0 spiro atoms. The maximum atomic E-state index is 12.3. The van der Waals surface area contributed by atoms with Crippen molar-refractivity contribution in [1.29, 1.82) is 0 Å². The molecule has 8 nitrogen and oxygen atoms in total. The number of hydrogen-bond donors (Lipinski definition) is 5. The van der Waals surface area contributed by atoms with Crippen molar-refractivity contribution in [1.82, 2.24) is 10.6 Å². The Bertz CT molecular complexity index is 398. The molecule has 0 fully saturated rings. The third kappa shape index (κ3) is 6.86. The molecule has 0 aliphatic heterocycles. The van der Waals surface area contributed by atoms with Crippen LogP contribution in [0.25, 0.3) is 0 Å². The van der Waals surface area contributed by atoms with E-state index in [9.17, 15) is 14.4 Å². The maximum Gasteiger partial charge on any atom is 0.326 e. The summed E-state index contributed by atoms with van der Waals surface area (Å²) in [6.07, 6.45) is 0.333. The van der Waals surface area contributed by atoms with Crippen LogP contribution in [0.5, 0.6) is 0 Å². The zero-order valence-electron chi connectivity index (χ0n) is 13.5. The number of rotatable bonds is 9. The van der Waals surface area contributed by atoms with E-state index in [1.165, 1.54) is 0 Å². The summed E-state index contributed by atoms with van der Waals surface area (Å²) >= 11 is 0. The number of carboxylic acid groups (broad SMARTS) is 1. The predicted octanol–water partition coefficient (Wildman–Crippen LogP) is -0.938. The van der Waals surface area contributed by atoms with Crippen LogP contribution in [0.2, 0.25) is 0 Å². The zero-order chi connectivity index (χ0) is 17.4. The number of aliphatic carboxylic acids is 1. The number of aliphatic hydroxyl groups excluding tert-OH is 1. The van der Waals surface area contributed by atoms with Crippen LogP contribution in [0.3, 0.4) is 0 Å². The number of carbonyl (C=O) groups is 3. The minimum atomic E-state index is -1.13. The lowest BCUT2D eigenvalue weighted by atomic mass is 10.00. The van der Waals surface area contributed by atoms with Gasteiger partial charge in [0.2, 0.25) is 11.8 Å². The van der Waals surface area contributed by atoms with Crippen LogP contribution in [-0.4, -0.2) is 52.7 Å². The van der Waals surface area contributed by atoms with Gasteiger partial charge in [0.15, 0.2) is 0 Å². The first-order valence-electron chi connectivity index (χ1n) is 7.30. The van der Waals surface area contributed by atoms with Gasteiger partial charge >= 0.3 is 5.97 Å². The van der Waals surface area contributed by atoms with Crippen LogP contribution < -0.4 is 16.4 Å². The number of carbonyl (C=O) groups excluding carboxylic acids is 2. The van der Waals surface area contributed by atoms with Gasteiger partial charge in [0.1, 0.15) is 18.1 Å². The second kappa shape index (κ2) is 9.37.